The van der Waals surface area contributed by atoms with E-state index >= 15 is 0 Å². The molecule has 0 aliphatic heterocycles. The Kier molecular flexibility index (Phi) is 2.87. The molecule has 0 aliphatic rings. The number of ether oxygens (including phenoxy) is 1. The quantitative estimate of drug-likeness (QED) is 0.619. The minimum atomic E-state index is -0.338. The molecule has 5 heteroatoms. The predicted molar refractivity (Wildman–Crippen MR) is 70.4 cm³/mol. The molecule has 82 valence electrons. The molecular weight excluding hydrogens is 221 g/mol. The summed E-state index contributed by atoms with van der Waals surface area (Å²) in [5, 5.41) is 1.41. The second kappa shape index (κ2) is 4.18. The van der Waals surface area contributed by atoms with E-state index in [0.717, 1.165) is 15.5 Å². The molecule has 1 aromatic heterocycles. The van der Waals surface area contributed by atoms with Gasteiger partial charge in [-0.15, -0.1) is 11.3 Å². The van der Waals surface area contributed by atoms with Crippen molar-refractivity contribution in [3.05, 3.63) is 23.8 Å². The lowest BCUT2D eigenvalue weighted by Crippen LogP contribution is -2.06. The number of nitrogens with two attached hydrogens (primary N) is 1. The molecule has 2 N–H and O–H groups in total. The summed E-state index contributed by atoms with van der Waals surface area (Å²) >= 11 is 1.42. The maximum atomic E-state index is 11.7. The highest BCUT2D eigenvalue weighted by molar-refractivity contribution is 7.23. The average Bonchev–Trinajstić information content (AvgIpc) is 2.53. The van der Waals surface area contributed by atoms with Crippen LogP contribution in [0.15, 0.2) is 18.2 Å². The van der Waals surface area contributed by atoms with Crippen LogP contribution >= 0.6 is 11.3 Å². The maximum Gasteiger partial charge on any atom is 0.341 e. The zero-order chi connectivity index (χ0) is 11.7. The normalized spacial score (nSPS) is 10.6. The number of rotatable bonds is 2. The number of fused-ring (bicyclic) bond motifs is 1. The topological polar surface area (TPSA) is 52.3 Å². The summed E-state index contributed by atoms with van der Waals surface area (Å²) in [5.74, 6) is -0.338. The van der Waals surface area contributed by atoms with E-state index in [4.69, 9.17) is 10.5 Å². The first-order valence-electron chi connectivity index (χ1n) is 5.09. The molecule has 16 heavy (non-hydrogen) atoms. The molecule has 1 aromatic carbocycles. The molecule has 1 heterocycles. The van der Waals surface area contributed by atoms with Crippen LogP contribution in [0.2, 0.25) is 0 Å². The lowest BCUT2D eigenvalue weighted by atomic mass is 9.95. The number of hydrogen-bond donors (Lipinski definition) is 1. The van der Waals surface area contributed by atoms with E-state index in [-0.39, 0.29) is 5.97 Å². The summed E-state index contributed by atoms with van der Waals surface area (Å²) in [7, 11) is 2.01. The van der Waals surface area contributed by atoms with Crippen LogP contribution in [0.1, 0.15) is 17.3 Å². The molecule has 0 bridgehead atoms. The van der Waals surface area contributed by atoms with E-state index in [0.29, 0.717) is 17.2 Å². The van der Waals surface area contributed by atoms with Gasteiger partial charge in [-0.25, -0.2) is 4.79 Å². The standard InChI is InChI=1S/C11H12BNO2S/c1-2-15-11(14)9-7-4-3-6(12)5-8(7)16-10(9)13/h3-5H,2,12-13H2,1H3. The Bertz CT molecular complexity index is 550. The molecule has 3 nitrogen and oxygen atoms in total. The van der Waals surface area contributed by atoms with Gasteiger partial charge in [-0.2, -0.15) is 0 Å². The van der Waals surface area contributed by atoms with Crippen molar-refractivity contribution in [2.75, 3.05) is 12.3 Å². The first-order valence-corrected chi connectivity index (χ1v) is 5.91. The summed E-state index contributed by atoms with van der Waals surface area (Å²) < 4.78 is 6.02. The summed E-state index contributed by atoms with van der Waals surface area (Å²) in [6.45, 7) is 2.15. The highest BCUT2D eigenvalue weighted by Crippen LogP contribution is 2.33. The molecule has 2 rings (SSSR count). The van der Waals surface area contributed by atoms with Gasteiger partial charge < -0.3 is 10.5 Å². The molecular formula is C11H12BNO2S. The molecule has 0 amide bonds. The van der Waals surface area contributed by atoms with Gasteiger partial charge in [-0.05, 0) is 6.92 Å². The van der Waals surface area contributed by atoms with Crippen LogP contribution in [0.5, 0.6) is 0 Å². The Labute approximate surface area is 98.6 Å². The first-order chi connectivity index (χ1) is 7.63. The van der Waals surface area contributed by atoms with Gasteiger partial charge in [-0.1, -0.05) is 23.7 Å². The van der Waals surface area contributed by atoms with Crippen molar-refractivity contribution in [3.63, 3.8) is 0 Å². The average molecular weight is 233 g/mol. The number of hydrogen-bond acceptors (Lipinski definition) is 4. The Hall–Kier alpha value is -1.49. The lowest BCUT2D eigenvalue weighted by Gasteiger charge is -2.01. The summed E-state index contributed by atoms with van der Waals surface area (Å²) in [6, 6.07) is 5.92. The van der Waals surface area contributed by atoms with Crippen LogP contribution in [0.4, 0.5) is 5.00 Å². The summed E-state index contributed by atoms with van der Waals surface area (Å²) in [6.07, 6.45) is 0. The molecule has 0 saturated carbocycles. The zero-order valence-corrected chi connectivity index (χ0v) is 10.1. The third kappa shape index (κ3) is 1.78. The largest absolute Gasteiger partial charge is 0.462 e. The van der Waals surface area contributed by atoms with Crippen LogP contribution in [0.25, 0.3) is 10.1 Å². The van der Waals surface area contributed by atoms with Gasteiger partial charge in [-0.3, -0.25) is 0 Å². The third-order valence-corrected chi connectivity index (χ3v) is 3.33. The van der Waals surface area contributed by atoms with Crippen molar-refractivity contribution in [1.82, 2.24) is 0 Å². The molecule has 0 fully saturated rings. The molecule has 2 aromatic rings. The minimum absolute atomic E-state index is 0.338. The number of benzene rings is 1. The van der Waals surface area contributed by atoms with E-state index < -0.39 is 0 Å². The van der Waals surface area contributed by atoms with Gasteiger partial charge in [0.1, 0.15) is 18.4 Å². The van der Waals surface area contributed by atoms with Crippen LogP contribution in [-0.4, -0.2) is 20.4 Å². The molecule has 0 aliphatic carbocycles. The SMILES string of the molecule is Bc1ccc2c(C(=O)OCC)c(N)sc2c1. The molecule has 0 atom stereocenters. The smallest absolute Gasteiger partial charge is 0.341 e. The van der Waals surface area contributed by atoms with Crippen LogP contribution in [-0.2, 0) is 4.74 Å². The van der Waals surface area contributed by atoms with Gasteiger partial charge >= 0.3 is 5.97 Å². The monoisotopic (exact) mass is 233 g/mol. The second-order valence-electron chi connectivity index (χ2n) is 3.56. The number of thiophene rings is 1. The van der Waals surface area contributed by atoms with Crippen LogP contribution in [0.3, 0.4) is 0 Å². The second-order valence-corrected chi connectivity index (χ2v) is 4.65. The van der Waals surface area contributed by atoms with Crippen molar-refractivity contribution >= 4 is 45.7 Å². The van der Waals surface area contributed by atoms with Gasteiger partial charge in [0.15, 0.2) is 0 Å². The van der Waals surface area contributed by atoms with Gasteiger partial charge in [0.2, 0.25) is 0 Å². The number of esters is 1. The van der Waals surface area contributed by atoms with E-state index in [1.54, 1.807) is 6.92 Å². The van der Waals surface area contributed by atoms with E-state index in [2.05, 4.69) is 0 Å². The highest BCUT2D eigenvalue weighted by Gasteiger charge is 2.17. The fraction of sp³-hybridized carbons (Fsp3) is 0.182. The van der Waals surface area contributed by atoms with E-state index in [9.17, 15) is 4.79 Å². The highest BCUT2D eigenvalue weighted by atomic mass is 32.1. The van der Waals surface area contributed by atoms with Gasteiger partial charge in [0.05, 0.1) is 6.61 Å². The molecule has 0 unspecified atom stereocenters. The van der Waals surface area contributed by atoms with Crippen LogP contribution in [0, 0.1) is 0 Å². The fourth-order valence-electron chi connectivity index (χ4n) is 1.64. The first kappa shape index (κ1) is 11.0. The fourth-order valence-corrected chi connectivity index (χ4v) is 2.69. The third-order valence-electron chi connectivity index (χ3n) is 2.35. The Balaban J connectivity index is 2.60. The van der Waals surface area contributed by atoms with Gasteiger partial charge in [0, 0.05) is 10.1 Å². The summed E-state index contributed by atoms with van der Waals surface area (Å²) in [5.41, 5.74) is 7.51. The van der Waals surface area contributed by atoms with E-state index in [1.807, 2.05) is 26.0 Å². The number of carbonyl (C=O) groups is 1. The minimum Gasteiger partial charge on any atom is -0.462 e. The van der Waals surface area contributed by atoms with Crippen molar-refractivity contribution in [2.24, 2.45) is 0 Å². The van der Waals surface area contributed by atoms with Crippen LogP contribution < -0.4 is 11.2 Å². The van der Waals surface area contributed by atoms with Gasteiger partial charge in [0.25, 0.3) is 0 Å². The van der Waals surface area contributed by atoms with Crippen molar-refractivity contribution in [1.29, 1.82) is 0 Å². The lowest BCUT2D eigenvalue weighted by molar-refractivity contribution is 0.0530. The Morgan fingerprint density at radius 3 is 3.00 bits per heavy atom. The number of nitrogen functional groups attached to an aromatic ring is 1. The zero-order valence-electron chi connectivity index (χ0n) is 9.24. The number of carbonyl (C=O) groups excluding carboxylic acids is 1. The summed E-state index contributed by atoms with van der Waals surface area (Å²) in [4.78, 5) is 11.7. The number of anilines is 1. The maximum absolute atomic E-state index is 11.7. The van der Waals surface area contributed by atoms with Crippen molar-refractivity contribution in [3.8, 4) is 0 Å². The Morgan fingerprint density at radius 1 is 1.56 bits per heavy atom. The predicted octanol–water partition coefficient (Wildman–Crippen LogP) is 0.919. The Morgan fingerprint density at radius 2 is 2.31 bits per heavy atom. The molecule has 0 saturated heterocycles. The molecule has 0 radical (unpaired) electrons. The van der Waals surface area contributed by atoms with E-state index in [1.165, 1.54) is 11.3 Å². The van der Waals surface area contributed by atoms with Crippen molar-refractivity contribution < 1.29 is 9.53 Å². The molecule has 0 spiro atoms. The van der Waals surface area contributed by atoms with Crippen molar-refractivity contribution in [2.45, 2.75) is 6.92 Å².